The third kappa shape index (κ3) is 3.70. The highest BCUT2D eigenvalue weighted by atomic mass is 32.2. The van der Waals surface area contributed by atoms with Crippen LogP contribution in [0.1, 0.15) is 26.2 Å². The van der Waals surface area contributed by atoms with E-state index in [-0.39, 0.29) is 24.2 Å². The van der Waals surface area contributed by atoms with Gasteiger partial charge in [-0.25, -0.2) is 12.8 Å². The van der Waals surface area contributed by atoms with Crippen LogP contribution in [-0.4, -0.2) is 37.7 Å². The van der Waals surface area contributed by atoms with Crippen LogP contribution in [0.15, 0.2) is 24.3 Å². The minimum atomic E-state index is -3.27. The van der Waals surface area contributed by atoms with Crippen LogP contribution in [0.5, 0.6) is 5.75 Å². The van der Waals surface area contributed by atoms with Crippen molar-refractivity contribution in [1.29, 1.82) is 0 Å². The van der Waals surface area contributed by atoms with Gasteiger partial charge >= 0.3 is 0 Å². The molecule has 0 radical (unpaired) electrons. The van der Waals surface area contributed by atoms with Gasteiger partial charge in [0.15, 0.2) is 0 Å². The van der Waals surface area contributed by atoms with Gasteiger partial charge in [0.05, 0.1) is 5.75 Å². The van der Waals surface area contributed by atoms with Crippen LogP contribution >= 0.6 is 0 Å². The van der Waals surface area contributed by atoms with Crippen LogP contribution in [-0.2, 0) is 10.0 Å². The lowest BCUT2D eigenvalue weighted by Crippen LogP contribution is -2.38. The van der Waals surface area contributed by atoms with Crippen LogP contribution < -0.4 is 4.74 Å². The molecule has 112 valence electrons. The molecule has 1 fully saturated rings. The predicted octanol–water partition coefficient (Wildman–Crippen LogP) is 2.41. The normalized spacial score (nSPS) is 20.2. The molecule has 4 nitrogen and oxygen atoms in total. The summed E-state index contributed by atoms with van der Waals surface area (Å²) in [4.78, 5) is 0. The summed E-state index contributed by atoms with van der Waals surface area (Å²) in [5.74, 6) is 0.101. The lowest BCUT2D eigenvalue weighted by Gasteiger charge is -2.22. The molecule has 1 aromatic rings. The first-order chi connectivity index (χ1) is 9.53. The number of halogens is 1. The van der Waals surface area contributed by atoms with Crippen molar-refractivity contribution in [3.05, 3.63) is 30.1 Å². The highest BCUT2D eigenvalue weighted by Gasteiger charge is 2.32. The molecule has 2 rings (SSSR count). The molecule has 20 heavy (non-hydrogen) atoms. The standard InChI is InChI=1S/C14H20FNO3S/c1-2-13-4-3-9-16(13)20(17,18)11-10-19-14-7-5-12(15)6-8-14/h5-8,13H,2-4,9-11H2,1H3. The SMILES string of the molecule is CCC1CCCN1S(=O)(=O)CCOc1ccc(F)cc1. The van der Waals surface area contributed by atoms with E-state index in [0.29, 0.717) is 12.3 Å². The van der Waals surface area contributed by atoms with Crippen LogP contribution in [0.4, 0.5) is 4.39 Å². The fraction of sp³-hybridized carbons (Fsp3) is 0.571. The van der Waals surface area contributed by atoms with Gasteiger partial charge < -0.3 is 4.74 Å². The van der Waals surface area contributed by atoms with Gasteiger partial charge in [0.2, 0.25) is 10.0 Å². The summed E-state index contributed by atoms with van der Waals surface area (Å²) in [7, 11) is -3.27. The number of nitrogens with zero attached hydrogens (tertiary/aromatic N) is 1. The third-order valence-electron chi connectivity index (χ3n) is 3.58. The molecule has 0 amide bonds. The van der Waals surface area contributed by atoms with E-state index in [1.54, 1.807) is 4.31 Å². The summed E-state index contributed by atoms with van der Waals surface area (Å²) in [5.41, 5.74) is 0. The van der Waals surface area contributed by atoms with Crippen molar-refractivity contribution in [1.82, 2.24) is 4.31 Å². The quantitative estimate of drug-likeness (QED) is 0.810. The summed E-state index contributed by atoms with van der Waals surface area (Å²) in [6, 6.07) is 5.69. The molecule has 6 heteroatoms. The molecule has 1 aromatic carbocycles. The molecule has 1 heterocycles. The average Bonchev–Trinajstić information content (AvgIpc) is 2.90. The van der Waals surface area contributed by atoms with Crippen molar-refractivity contribution >= 4 is 10.0 Å². The Balaban J connectivity index is 1.88. The lowest BCUT2D eigenvalue weighted by atomic mass is 10.2. The van der Waals surface area contributed by atoms with Crippen LogP contribution in [0, 0.1) is 5.82 Å². The van der Waals surface area contributed by atoms with Crippen LogP contribution in [0.3, 0.4) is 0 Å². The van der Waals surface area contributed by atoms with E-state index in [4.69, 9.17) is 4.74 Å². The van der Waals surface area contributed by atoms with Crippen molar-refractivity contribution in [2.45, 2.75) is 32.2 Å². The minimum Gasteiger partial charge on any atom is -0.492 e. The van der Waals surface area contributed by atoms with Crippen LogP contribution in [0.2, 0.25) is 0 Å². The molecule has 0 aliphatic carbocycles. The number of sulfonamides is 1. The summed E-state index contributed by atoms with van der Waals surface area (Å²) < 4.78 is 44.1. The van der Waals surface area contributed by atoms with Gasteiger partial charge in [-0.3, -0.25) is 0 Å². The molecule has 1 unspecified atom stereocenters. The lowest BCUT2D eigenvalue weighted by molar-refractivity contribution is 0.329. The number of ether oxygens (including phenoxy) is 1. The Bertz CT molecular complexity index is 530. The van der Waals surface area contributed by atoms with Gasteiger partial charge in [0.1, 0.15) is 18.2 Å². The number of benzene rings is 1. The van der Waals surface area contributed by atoms with Gasteiger partial charge in [0.25, 0.3) is 0 Å². The smallest absolute Gasteiger partial charge is 0.217 e. The summed E-state index contributed by atoms with van der Waals surface area (Å²) in [5, 5.41) is 0. The van der Waals surface area contributed by atoms with E-state index >= 15 is 0 Å². The second-order valence-electron chi connectivity index (χ2n) is 4.93. The average molecular weight is 301 g/mol. The molecule has 0 N–H and O–H groups in total. The van der Waals surface area contributed by atoms with E-state index in [9.17, 15) is 12.8 Å². The first-order valence-corrected chi connectivity index (χ1v) is 8.51. The molecule has 0 aromatic heterocycles. The molecule has 0 saturated carbocycles. The maximum atomic E-state index is 12.7. The molecule has 0 spiro atoms. The second-order valence-corrected chi connectivity index (χ2v) is 6.97. The maximum absolute atomic E-state index is 12.7. The Morgan fingerprint density at radius 2 is 2.05 bits per heavy atom. The molecule has 1 saturated heterocycles. The predicted molar refractivity (Wildman–Crippen MR) is 75.7 cm³/mol. The van der Waals surface area contributed by atoms with Crippen molar-refractivity contribution in [2.75, 3.05) is 18.9 Å². The first-order valence-electron chi connectivity index (χ1n) is 6.91. The van der Waals surface area contributed by atoms with Crippen LogP contribution in [0.25, 0.3) is 0 Å². The fourth-order valence-electron chi connectivity index (χ4n) is 2.50. The molecule has 1 atom stereocenters. The van der Waals surface area contributed by atoms with Crippen molar-refractivity contribution in [2.24, 2.45) is 0 Å². The minimum absolute atomic E-state index is 0.0408. The third-order valence-corrected chi connectivity index (χ3v) is 5.45. The monoisotopic (exact) mass is 301 g/mol. The zero-order chi connectivity index (χ0) is 14.6. The zero-order valence-corrected chi connectivity index (χ0v) is 12.4. The number of rotatable bonds is 6. The molecule has 1 aliphatic heterocycles. The Morgan fingerprint density at radius 1 is 1.35 bits per heavy atom. The fourth-order valence-corrected chi connectivity index (χ4v) is 4.14. The summed E-state index contributed by atoms with van der Waals surface area (Å²) in [6.07, 6.45) is 2.71. The number of hydrogen-bond donors (Lipinski definition) is 0. The highest BCUT2D eigenvalue weighted by Crippen LogP contribution is 2.23. The largest absolute Gasteiger partial charge is 0.492 e. The summed E-state index contributed by atoms with van der Waals surface area (Å²) in [6.45, 7) is 2.70. The molecular formula is C14H20FNO3S. The van der Waals surface area contributed by atoms with Crippen molar-refractivity contribution in [3.8, 4) is 5.75 Å². The van der Waals surface area contributed by atoms with Gasteiger partial charge in [-0.15, -0.1) is 0 Å². The van der Waals surface area contributed by atoms with Gasteiger partial charge in [-0.1, -0.05) is 6.92 Å². The highest BCUT2D eigenvalue weighted by molar-refractivity contribution is 7.89. The second kappa shape index (κ2) is 6.54. The molecule has 1 aliphatic rings. The summed E-state index contributed by atoms with van der Waals surface area (Å²) >= 11 is 0. The Hall–Kier alpha value is -1.14. The van der Waals surface area contributed by atoms with Gasteiger partial charge in [-0.05, 0) is 43.5 Å². The van der Waals surface area contributed by atoms with E-state index in [2.05, 4.69) is 0 Å². The Kier molecular flexibility index (Phi) is 4.99. The topological polar surface area (TPSA) is 46.6 Å². The zero-order valence-electron chi connectivity index (χ0n) is 11.6. The Morgan fingerprint density at radius 3 is 2.70 bits per heavy atom. The van der Waals surface area contributed by atoms with E-state index in [0.717, 1.165) is 19.3 Å². The molecular weight excluding hydrogens is 281 g/mol. The van der Waals surface area contributed by atoms with E-state index < -0.39 is 10.0 Å². The van der Waals surface area contributed by atoms with Gasteiger partial charge in [-0.2, -0.15) is 4.31 Å². The van der Waals surface area contributed by atoms with E-state index in [1.165, 1.54) is 24.3 Å². The Labute approximate surface area is 119 Å². The maximum Gasteiger partial charge on any atom is 0.217 e. The van der Waals surface area contributed by atoms with Crippen molar-refractivity contribution < 1.29 is 17.5 Å². The molecule has 0 bridgehead atoms. The van der Waals surface area contributed by atoms with Gasteiger partial charge in [0, 0.05) is 12.6 Å². The van der Waals surface area contributed by atoms with Crippen molar-refractivity contribution in [3.63, 3.8) is 0 Å². The number of hydrogen-bond acceptors (Lipinski definition) is 3. The first kappa shape index (κ1) is 15.3. The van der Waals surface area contributed by atoms with E-state index in [1.807, 2.05) is 6.92 Å².